The van der Waals surface area contributed by atoms with Crippen LogP contribution in [-0.2, 0) is 4.79 Å². The number of hydrogen-bond acceptors (Lipinski definition) is 2. The second kappa shape index (κ2) is 12.2. The first kappa shape index (κ1) is 15.7. The van der Waals surface area contributed by atoms with Crippen LogP contribution in [0.2, 0.25) is 0 Å². The van der Waals surface area contributed by atoms with Crippen LogP contribution in [0.15, 0.2) is 12.2 Å². The summed E-state index contributed by atoms with van der Waals surface area (Å²) in [5.41, 5.74) is 0. The van der Waals surface area contributed by atoms with Gasteiger partial charge in [-0.25, -0.2) is 0 Å². The fourth-order valence-electron chi connectivity index (χ4n) is 1.05. The monoisotopic (exact) mass is 192 g/mol. The van der Waals surface area contributed by atoms with E-state index < -0.39 is 5.97 Å². The maximum Gasteiger partial charge on any atom is 1.00 e. The summed E-state index contributed by atoms with van der Waals surface area (Å²) < 4.78 is 0. The normalized spacial score (nSPS) is 9.92. The second-order valence-corrected chi connectivity index (χ2v) is 2.92. The Morgan fingerprint density at radius 1 is 1.23 bits per heavy atom. The van der Waals surface area contributed by atoms with E-state index in [1.165, 1.54) is 25.7 Å². The Morgan fingerprint density at radius 3 is 2.38 bits per heavy atom. The quantitative estimate of drug-likeness (QED) is 0.284. The first-order valence-corrected chi connectivity index (χ1v) is 4.65. The standard InChI is InChI=1S/C10H18O2.Na/c1-2-3-4-5-6-7-8-9-10(11)12;/h8-9H,2-7H2,1H3,(H,11,12);/q;+1/p-1. The topological polar surface area (TPSA) is 40.1 Å². The first-order chi connectivity index (χ1) is 5.77. The number of aliphatic carboxylic acids is 1. The summed E-state index contributed by atoms with van der Waals surface area (Å²) in [5.74, 6) is -1.09. The van der Waals surface area contributed by atoms with Crippen molar-refractivity contribution in [2.45, 2.75) is 45.4 Å². The van der Waals surface area contributed by atoms with Crippen LogP contribution in [-0.4, -0.2) is 5.97 Å². The molecule has 0 unspecified atom stereocenters. The van der Waals surface area contributed by atoms with Gasteiger partial charge in [-0.05, 0) is 18.9 Å². The van der Waals surface area contributed by atoms with Crippen LogP contribution in [0, 0.1) is 0 Å². The van der Waals surface area contributed by atoms with Gasteiger partial charge >= 0.3 is 29.6 Å². The fraction of sp³-hybridized carbons (Fsp3) is 0.700. The Kier molecular flexibility index (Phi) is 14.7. The Morgan fingerprint density at radius 2 is 1.85 bits per heavy atom. The number of hydrogen-bond donors (Lipinski definition) is 0. The minimum Gasteiger partial charge on any atom is -0.545 e. The minimum absolute atomic E-state index is 0. The van der Waals surface area contributed by atoms with Gasteiger partial charge in [0.1, 0.15) is 0 Å². The van der Waals surface area contributed by atoms with Gasteiger partial charge in [0.05, 0.1) is 5.97 Å². The molecular weight excluding hydrogens is 175 g/mol. The molecule has 70 valence electrons. The third-order valence-electron chi connectivity index (χ3n) is 1.73. The molecule has 0 N–H and O–H groups in total. The first-order valence-electron chi connectivity index (χ1n) is 4.65. The molecule has 2 nitrogen and oxygen atoms in total. The third-order valence-corrected chi connectivity index (χ3v) is 1.73. The van der Waals surface area contributed by atoms with Crippen LogP contribution >= 0.6 is 0 Å². The number of allylic oxidation sites excluding steroid dienone is 1. The predicted octanol–water partition coefficient (Wildman–Crippen LogP) is -1.34. The Labute approximate surface area is 103 Å². The Hall–Kier alpha value is 0.210. The molecule has 0 saturated heterocycles. The van der Waals surface area contributed by atoms with Crippen molar-refractivity contribution >= 4 is 5.97 Å². The van der Waals surface area contributed by atoms with Gasteiger partial charge in [-0.3, -0.25) is 0 Å². The van der Waals surface area contributed by atoms with Gasteiger partial charge in [-0.2, -0.15) is 0 Å². The van der Waals surface area contributed by atoms with E-state index in [-0.39, 0.29) is 29.6 Å². The van der Waals surface area contributed by atoms with Gasteiger partial charge in [-0.15, -0.1) is 0 Å². The van der Waals surface area contributed by atoms with Gasteiger partial charge < -0.3 is 9.90 Å². The molecule has 0 aliphatic heterocycles. The molecule has 0 fully saturated rings. The van der Waals surface area contributed by atoms with Crippen LogP contribution in [0.1, 0.15) is 45.4 Å². The predicted molar refractivity (Wildman–Crippen MR) is 47.5 cm³/mol. The molecule has 0 radical (unpaired) electrons. The van der Waals surface area contributed by atoms with Gasteiger partial charge in [0, 0.05) is 0 Å². The zero-order valence-corrected chi connectivity index (χ0v) is 10.7. The number of carboxylic acid groups (broad SMARTS) is 1. The molecule has 0 amide bonds. The summed E-state index contributed by atoms with van der Waals surface area (Å²) in [6.45, 7) is 2.18. The molecule has 0 aromatic heterocycles. The third kappa shape index (κ3) is 15.0. The summed E-state index contributed by atoms with van der Waals surface area (Å²) in [4.78, 5) is 9.94. The fourth-order valence-corrected chi connectivity index (χ4v) is 1.05. The molecule has 3 heteroatoms. The molecule has 0 aliphatic carbocycles. The number of carbonyl (C=O) groups excluding carboxylic acids is 1. The van der Waals surface area contributed by atoms with E-state index in [9.17, 15) is 9.90 Å². The van der Waals surface area contributed by atoms with Crippen LogP contribution < -0.4 is 34.7 Å². The molecule has 0 atom stereocenters. The van der Waals surface area contributed by atoms with Crippen molar-refractivity contribution < 1.29 is 39.5 Å². The Bertz CT molecular complexity index is 144. The summed E-state index contributed by atoms with van der Waals surface area (Å²) in [6.07, 6.45) is 9.71. The van der Waals surface area contributed by atoms with Crippen molar-refractivity contribution in [3.8, 4) is 0 Å². The van der Waals surface area contributed by atoms with Crippen LogP contribution in [0.4, 0.5) is 0 Å². The van der Waals surface area contributed by atoms with Crippen molar-refractivity contribution in [2.24, 2.45) is 0 Å². The maximum atomic E-state index is 9.94. The largest absolute Gasteiger partial charge is 1.00 e. The molecular formula is C10H17NaO2. The number of rotatable bonds is 7. The summed E-state index contributed by atoms with van der Waals surface area (Å²) in [7, 11) is 0. The average molecular weight is 192 g/mol. The molecule has 0 aliphatic rings. The molecule has 0 bridgehead atoms. The van der Waals surface area contributed by atoms with Crippen molar-refractivity contribution in [3.63, 3.8) is 0 Å². The zero-order chi connectivity index (χ0) is 9.23. The summed E-state index contributed by atoms with van der Waals surface area (Å²) >= 11 is 0. The molecule has 0 heterocycles. The summed E-state index contributed by atoms with van der Waals surface area (Å²) in [5, 5.41) is 9.94. The van der Waals surface area contributed by atoms with Crippen molar-refractivity contribution in [1.82, 2.24) is 0 Å². The van der Waals surface area contributed by atoms with Gasteiger partial charge in [0.2, 0.25) is 0 Å². The zero-order valence-electron chi connectivity index (χ0n) is 8.71. The van der Waals surface area contributed by atoms with Crippen LogP contribution in [0.3, 0.4) is 0 Å². The van der Waals surface area contributed by atoms with Crippen molar-refractivity contribution in [3.05, 3.63) is 12.2 Å². The molecule has 0 aromatic carbocycles. The van der Waals surface area contributed by atoms with E-state index in [0.717, 1.165) is 18.9 Å². The van der Waals surface area contributed by atoms with Crippen LogP contribution in [0.5, 0.6) is 0 Å². The second-order valence-electron chi connectivity index (χ2n) is 2.92. The average Bonchev–Trinajstić information content (AvgIpc) is 2.02. The number of carbonyl (C=O) groups is 1. The molecule has 0 spiro atoms. The van der Waals surface area contributed by atoms with Crippen molar-refractivity contribution in [1.29, 1.82) is 0 Å². The molecule has 13 heavy (non-hydrogen) atoms. The van der Waals surface area contributed by atoms with E-state index >= 15 is 0 Å². The van der Waals surface area contributed by atoms with E-state index in [1.54, 1.807) is 6.08 Å². The molecule has 0 rings (SSSR count). The number of unbranched alkanes of at least 4 members (excludes halogenated alkanes) is 5. The van der Waals surface area contributed by atoms with E-state index in [0.29, 0.717) is 0 Å². The number of carboxylic acids is 1. The van der Waals surface area contributed by atoms with Gasteiger partial charge in [0.15, 0.2) is 0 Å². The minimum atomic E-state index is -1.09. The van der Waals surface area contributed by atoms with Gasteiger partial charge in [-0.1, -0.05) is 38.7 Å². The van der Waals surface area contributed by atoms with E-state index in [2.05, 4.69) is 6.92 Å². The van der Waals surface area contributed by atoms with Crippen LogP contribution in [0.25, 0.3) is 0 Å². The molecule has 0 saturated carbocycles. The Balaban J connectivity index is 0. The van der Waals surface area contributed by atoms with Crippen molar-refractivity contribution in [2.75, 3.05) is 0 Å². The summed E-state index contributed by atoms with van der Waals surface area (Å²) in [6, 6.07) is 0. The van der Waals surface area contributed by atoms with E-state index in [1.807, 2.05) is 0 Å². The van der Waals surface area contributed by atoms with Gasteiger partial charge in [0.25, 0.3) is 0 Å². The smallest absolute Gasteiger partial charge is 0.545 e. The molecule has 0 aromatic rings. The SMILES string of the molecule is CCCCCCCC=CC(=O)[O-].[Na+]. The van der Waals surface area contributed by atoms with E-state index in [4.69, 9.17) is 0 Å². The maximum absolute atomic E-state index is 9.94.